The van der Waals surface area contributed by atoms with Crippen LogP contribution in [0.4, 0.5) is 0 Å². The second-order valence-electron chi connectivity index (χ2n) is 4.66. The summed E-state index contributed by atoms with van der Waals surface area (Å²) in [5.74, 6) is 0. The summed E-state index contributed by atoms with van der Waals surface area (Å²) in [6.45, 7) is 2.23. The zero-order valence-electron chi connectivity index (χ0n) is 9.66. The lowest BCUT2D eigenvalue weighted by Crippen LogP contribution is -1.95. The molecule has 80 valence electrons. The van der Waals surface area contributed by atoms with Gasteiger partial charge in [-0.15, -0.1) is 0 Å². The molecule has 2 aromatic rings. The number of hydrogen-bond donors (Lipinski definition) is 0. The minimum atomic E-state index is 1.11. The van der Waals surface area contributed by atoms with Crippen molar-refractivity contribution in [3.8, 4) is 0 Å². The van der Waals surface area contributed by atoms with E-state index in [1.807, 2.05) is 0 Å². The number of hydrogen-bond acceptors (Lipinski definition) is 0. The van der Waals surface area contributed by atoms with Gasteiger partial charge in [0.05, 0.1) is 0 Å². The first-order valence-electron chi connectivity index (χ1n) is 5.99. The Morgan fingerprint density at radius 1 is 0.750 bits per heavy atom. The molecule has 0 atom stereocenters. The molecule has 3 rings (SSSR count). The molecular weight excluding hydrogens is 192 g/mol. The van der Waals surface area contributed by atoms with Gasteiger partial charge in [0.2, 0.25) is 0 Å². The summed E-state index contributed by atoms with van der Waals surface area (Å²) >= 11 is 0. The van der Waals surface area contributed by atoms with Gasteiger partial charge in [0, 0.05) is 0 Å². The zero-order chi connectivity index (χ0) is 11.0. The number of rotatable bonds is 0. The minimum absolute atomic E-state index is 1.11. The third kappa shape index (κ3) is 1.55. The topological polar surface area (TPSA) is 0 Å². The van der Waals surface area contributed by atoms with Crippen molar-refractivity contribution in [3.05, 3.63) is 70.3 Å². The van der Waals surface area contributed by atoms with Gasteiger partial charge in [0.25, 0.3) is 0 Å². The van der Waals surface area contributed by atoms with Crippen LogP contribution in [0, 0.1) is 6.92 Å². The first-order valence-corrected chi connectivity index (χ1v) is 5.99. The lowest BCUT2D eigenvalue weighted by atomic mass is 9.96. The van der Waals surface area contributed by atoms with Crippen LogP contribution in [0.15, 0.2) is 42.5 Å². The van der Waals surface area contributed by atoms with Gasteiger partial charge in [-0.3, -0.25) is 0 Å². The van der Waals surface area contributed by atoms with Crippen LogP contribution in [0.1, 0.15) is 27.8 Å². The standard InChI is InChI=1S/C16H16/c1-12-5-4-8-14-10-9-13-6-2-3-7-15(13)11-16(12)14/h2-8H,9-11H2,1H3. The molecule has 0 bridgehead atoms. The van der Waals surface area contributed by atoms with Crippen molar-refractivity contribution in [2.24, 2.45) is 0 Å². The first kappa shape index (κ1) is 9.65. The van der Waals surface area contributed by atoms with Gasteiger partial charge in [-0.2, -0.15) is 0 Å². The normalized spacial score (nSPS) is 13.8. The quantitative estimate of drug-likeness (QED) is 0.619. The molecule has 0 heterocycles. The Morgan fingerprint density at radius 2 is 1.44 bits per heavy atom. The number of aryl methyl sites for hydroxylation is 3. The maximum atomic E-state index is 2.29. The summed E-state index contributed by atoms with van der Waals surface area (Å²) in [6, 6.07) is 15.6. The average Bonchev–Trinajstić information content (AvgIpc) is 2.50. The van der Waals surface area contributed by atoms with Crippen LogP contribution < -0.4 is 0 Å². The van der Waals surface area contributed by atoms with Crippen LogP contribution in [0.5, 0.6) is 0 Å². The van der Waals surface area contributed by atoms with Crippen molar-refractivity contribution in [3.63, 3.8) is 0 Å². The molecule has 0 spiro atoms. The van der Waals surface area contributed by atoms with E-state index in [0.717, 1.165) is 6.42 Å². The van der Waals surface area contributed by atoms with Gasteiger partial charge in [-0.25, -0.2) is 0 Å². The molecule has 0 amide bonds. The van der Waals surface area contributed by atoms with E-state index in [-0.39, 0.29) is 0 Å². The minimum Gasteiger partial charge on any atom is -0.0620 e. The van der Waals surface area contributed by atoms with Gasteiger partial charge < -0.3 is 0 Å². The zero-order valence-corrected chi connectivity index (χ0v) is 9.66. The van der Waals surface area contributed by atoms with Crippen LogP contribution in [0.25, 0.3) is 0 Å². The Bertz CT molecular complexity index is 523. The predicted octanol–water partition coefficient (Wildman–Crippen LogP) is 3.68. The third-order valence-corrected chi connectivity index (χ3v) is 3.66. The van der Waals surface area contributed by atoms with Crippen molar-refractivity contribution < 1.29 is 0 Å². The fourth-order valence-electron chi connectivity index (χ4n) is 2.68. The first-order chi connectivity index (χ1) is 7.84. The lowest BCUT2D eigenvalue weighted by molar-refractivity contribution is 0.963. The molecule has 0 saturated carbocycles. The Morgan fingerprint density at radius 3 is 2.31 bits per heavy atom. The van der Waals surface area contributed by atoms with Crippen molar-refractivity contribution in [1.82, 2.24) is 0 Å². The van der Waals surface area contributed by atoms with Gasteiger partial charge in [0.15, 0.2) is 0 Å². The van der Waals surface area contributed by atoms with E-state index in [2.05, 4.69) is 49.4 Å². The second-order valence-corrected chi connectivity index (χ2v) is 4.66. The summed E-state index contributed by atoms with van der Waals surface area (Å²) in [7, 11) is 0. The smallest absolute Gasteiger partial charge is 0.00177 e. The van der Waals surface area contributed by atoms with Crippen LogP contribution in [0.3, 0.4) is 0 Å². The molecule has 0 heteroatoms. The summed E-state index contributed by atoms with van der Waals surface area (Å²) in [4.78, 5) is 0. The van der Waals surface area contributed by atoms with E-state index in [0.29, 0.717) is 0 Å². The highest BCUT2D eigenvalue weighted by Gasteiger charge is 2.13. The average molecular weight is 208 g/mol. The molecule has 0 unspecified atom stereocenters. The summed E-state index contributed by atoms with van der Waals surface area (Å²) in [5.41, 5.74) is 7.56. The molecular formula is C16H16. The van der Waals surface area contributed by atoms with E-state index in [9.17, 15) is 0 Å². The highest BCUT2D eigenvalue weighted by molar-refractivity contribution is 5.43. The van der Waals surface area contributed by atoms with E-state index in [4.69, 9.17) is 0 Å². The molecule has 16 heavy (non-hydrogen) atoms. The maximum absolute atomic E-state index is 2.29. The van der Waals surface area contributed by atoms with E-state index in [1.54, 1.807) is 5.56 Å². The van der Waals surface area contributed by atoms with Gasteiger partial charge in [-0.1, -0.05) is 42.5 Å². The molecule has 0 aromatic heterocycles. The summed E-state index contributed by atoms with van der Waals surface area (Å²) < 4.78 is 0. The molecule has 1 aliphatic rings. The maximum Gasteiger partial charge on any atom is -0.00177 e. The van der Waals surface area contributed by atoms with Gasteiger partial charge in [0.1, 0.15) is 0 Å². The van der Waals surface area contributed by atoms with Crippen LogP contribution >= 0.6 is 0 Å². The molecule has 0 aliphatic heterocycles. The molecule has 0 radical (unpaired) electrons. The van der Waals surface area contributed by atoms with Crippen LogP contribution in [0.2, 0.25) is 0 Å². The molecule has 0 N–H and O–H groups in total. The highest BCUT2D eigenvalue weighted by Crippen LogP contribution is 2.26. The Balaban J connectivity index is 2.13. The molecule has 1 aliphatic carbocycles. The van der Waals surface area contributed by atoms with E-state index in [1.165, 1.54) is 35.1 Å². The van der Waals surface area contributed by atoms with Crippen molar-refractivity contribution in [1.29, 1.82) is 0 Å². The largest absolute Gasteiger partial charge is 0.0620 e. The fraction of sp³-hybridized carbons (Fsp3) is 0.250. The molecule has 0 nitrogen and oxygen atoms in total. The molecule has 2 aromatic carbocycles. The summed E-state index contributed by atoms with van der Waals surface area (Å²) in [6.07, 6.45) is 3.48. The number of fused-ring (bicyclic) bond motifs is 2. The van der Waals surface area contributed by atoms with E-state index >= 15 is 0 Å². The Labute approximate surface area is 96.9 Å². The Hall–Kier alpha value is -1.56. The van der Waals surface area contributed by atoms with Crippen molar-refractivity contribution in [2.75, 3.05) is 0 Å². The van der Waals surface area contributed by atoms with E-state index < -0.39 is 0 Å². The monoisotopic (exact) mass is 208 g/mol. The van der Waals surface area contributed by atoms with Gasteiger partial charge in [-0.05, 0) is 54.0 Å². The Kier molecular flexibility index (Phi) is 2.28. The van der Waals surface area contributed by atoms with Crippen LogP contribution in [-0.2, 0) is 19.3 Å². The highest BCUT2D eigenvalue weighted by atomic mass is 14.2. The lowest BCUT2D eigenvalue weighted by Gasteiger charge is -2.09. The SMILES string of the molecule is Cc1cccc2c1Cc1ccccc1CC2. The summed E-state index contributed by atoms with van der Waals surface area (Å²) in [5, 5.41) is 0. The molecule has 0 saturated heterocycles. The molecule has 0 fully saturated rings. The fourth-order valence-corrected chi connectivity index (χ4v) is 2.68. The van der Waals surface area contributed by atoms with Crippen molar-refractivity contribution in [2.45, 2.75) is 26.2 Å². The van der Waals surface area contributed by atoms with Gasteiger partial charge >= 0.3 is 0 Å². The van der Waals surface area contributed by atoms with Crippen molar-refractivity contribution >= 4 is 0 Å². The van der Waals surface area contributed by atoms with Crippen LogP contribution in [-0.4, -0.2) is 0 Å². The predicted molar refractivity (Wildman–Crippen MR) is 67.8 cm³/mol. The third-order valence-electron chi connectivity index (χ3n) is 3.66. The number of benzene rings is 2. The second kappa shape index (κ2) is 3.79.